The molecular weight excluding hydrogens is 186 g/mol. The number of aryl methyl sites for hydroxylation is 1. The average molecular weight is 205 g/mol. The van der Waals surface area contributed by atoms with E-state index < -0.39 is 0 Å². The highest BCUT2D eigenvalue weighted by molar-refractivity contribution is 5.72. The summed E-state index contributed by atoms with van der Waals surface area (Å²) in [5.74, 6) is 0.889. The van der Waals surface area contributed by atoms with Gasteiger partial charge in [-0.1, -0.05) is 32.1 Å². The fraction of sp³-hybridized carbons (Fsp3) is 0.615. The molecule has 2 heteroatoms. The first-order chi connectivity index (χ1) is 7.40. The highest BCUT2D eigenvalue weighted by Gasteiger charge is 2.13. The van der Waals surface area contributed by atoms with Crippen LogP contribution in [0.4, 0.5) is 0 Å². The highest BCUT2D eigenvalue weighted by Crippen LogP contribution is 2.26. The molecule has 0 bridgehead atoms. The van der Waals surface area contributed by atoms with E-state index in [2.05, 4.69) is 4.57 Å². The van der Waals surface area contributed by atoms with Crippen molar-refractivity contribution in [2.75, 3.05) is 0 Å². The van der Waals surface area contributed by atoms with Crippen LogP contribution in [-0.4, -0.2) is 10.9 Å². The summed E-state index contributed by atoms with van der Waals surface area (Å²) in [5, 5.41) is 0. The Labute approximate surface area is 91.3 Å². The van der Waals surface area contributed by atoms with Crippen LogP contribution in [0.2, 0.25) is 0 Å². The van der Waals surface area contributed by atoms with Crippen LogP contribution in [0.3, 0.4) is 0 Å². The average Bonchev–Trinajstić information content (AvgIpc) is 2.75. The van der Waals surface area contributed by atoms with Crippen molar-refractivity contribution in [3.8, 4) is 0 Å². The van der Waals surface area contributed by atoms with Crippen LogP contribution in [0.25, 0.3) is 0 Å². The molecule has 0 amide bonds. The van der Waals surface area contributed by atoms with Crippen LogP contribution in [0.1, 0.15) is 49.0 Å². The lowest BCUT2D eigenvalue weighted by Crippen LogP contribution is -2.10. The number of aromatic nitrogens is 1. The summed E-state index contributed by atoms with van der Waals surface area (Å²) in [5.41, 5.74) is 0.811. The van der Waals surface area contributed by atoms with E-state index in [1.54, 1.807) is 0 Å². The van der Waals surface area contributed by atoms with Crippen molar-refractivity contribution in [2.45, 2.75) is 45.1 Å². The molecule has 1 aliphatic carbocycles. The van der Waals surface area contributed by atoms with Gasteiger partial charge in [0.15, 0.2) is 6.29 Å². The lowest BCUT2D eigenvalue weighted by atomic mass is 9.87. The van der Waals surface area contributed by atoms with Gasteiger partial charge in [-0.2, -0.15) is 0 Å². The van der Waals surface area contributed by atoms with Crippen molar-refractivity contribution in [1.82, 2.24) is 4.57 Å². The van der Waals surface area contributed by atoms with Gasteiger partial charge in [-0.15, -0.1) is 0 Å². The Bertz CT molecular complexity index is 310. The third-order valence-electron chi connectivity index (χ3n) is 3.49. The van der Waals surface area contributed by atoms with Gasteiger partial charge in [0.1, 0.15) is 0 Å². The second-order valence-electron chi connectivity index (χ2n) is 4.54. The van der Waals surface area contributed by atoms with Crippen molar-refractivity contribution in [3.63, 3.8) is 0 Å². The zero-order chi connectivity index (χ0) is 10.5. The monoisotopic (exact) mass is 205 g/mol. The quantitative estimate of drug-likeness (QED) is 0.691. The highest BCUT2D eigenvalue weighted by atomic mass is 16.1. The number of carbonyl (C=O) groups excluding carboxylic acids is 1. The lowest BCUT2D eigenvalue weighted by Gasteiger charge is -2.21. The minimum absolute atomic E-state index is 0.811. The number of carbonyl (C=O) groups is 1. The third kappa shape index (κ3) is 2.71. The summed E-state index contributed by atoms with van der Waals surface area (Å²) < 4.78 is 2.07. The standard InChI is InChI=1S/C13H19NO/c15-11-13-7-4-9-14(13)10-8-12-5-2-1-3-6-12/h4,7,9,11-12H,1-3,5-6,8,10H2. The first-order valence-electron chi connectivity index (χ1n) is 6.00. The Morgan fingerprint density at radius 3 is 2.87 bits per heavy atom. The minimum atomic E-state index is 0.811. The van der Waals surface area contributed by atoms with Gasteiger partial charge in [-0.3, -0.25) is 4.79 Å². The van der Waals surface area contributed by atoms with E-state index in [-0.39, 0.29) is 0 Å². The molecule has 1 aromatic heterocycles. The van der Waals surface area contributed by atoms with Gasteiger partial charge in [-0.05, 0) is 24.5 Å². The van der Waals surface area contributed by atoms with Crippen molar-refractivity contribution in [2.24, 2.45) is 5.92 Å². The van der Waals surface area contributed by atoms with Crippen LogP contribution in [0.15, 0.2) is 18.3 Å². The molecule has 1 aliphatic rings. The van der Waals surface area contributed by atoms with Gasteiger partial charge in [0.2, 0.25) is 0 Å². The molecule has 1 heterocycles. The number of hydrogen-bond acceptors (Lipinski definition) is 1. The maximum absolute atomic E-state index is 10.7. The molecular formula is C13H19NO. The number of rotatable bonds is 4. The van der Waals surface area contributed by atoms with Crippen molar-refractivity contribution in [3.05, 3.63) is 24.0 Å². The van der Waals surface area contributed by atoms with E-state index in [1.807, 2.05) is 18.3 Å². The van der Waals surface area contributed by atoms with Crippen molar-refractivity contribution in [1.29, 1.82) is 0 Å². The van der Waals surface area contributed by atoms with E-state index >= 15 is 0 Å². The van der Waals surface area contributed by atoms with Crippen LogP contribution >= 0.6 is 0 Å². The molecule has 1 saturated carbocycles. The Morgan fingerprint density at radius 2 is 2.13 bits per heavy atom. The minimum Gasteiger partial charge on any atom is -0.345 e. The van der Waals surface area contributed by atoms with E-state index in [4.69, 9.17) is 0 Å². The van der Waals surface area contributed by atoms with Gasteiger partial charge in [0, 0.05) is 12.7 Å². The SMILES string of the molecule is O=Cc1cccn1CCC1CCCCC1. The molecule has 0 aromatic carbocycles. The summed E-state index contributed by atoms with van der Waals surface area (Å²) >= 11 is 0. The summed E-state index contributed by atoms with van der Waals surface area (Å²) in [6.07, 6.45) is 11.2. The van der Waals surface area contributed by atoms with Gasteiger partial charge in [-0.25, -0.2) is 0 Å². The maximum Gasteiger partial charge on any atom is 0.166 e. The Hall–Kier alpha value is -1.05. The van der Waals surface area contributed by atoms with Gasteiger partial charge in [0.05, 0.1) is 5.69 Å². The predicted molar refractivity (Wildman–Crippen MR) is 61.0 cm³/mol. The second-order valence-corrected chi connectivity index (χ2v) is 4.54. The molecule has 0 aliphatic heterocycles. The zero-order valence-corrected chi connectivity index (χ0v) is 9.19. The van der Waals surface area contributed by atoms with Crippen LogP contribution < -0.4 is 0 Å². The summed E-state index contributed by atoms with van der Waals surface area (Å²) in [6, 6.07) is 3.83. The number of hydrogen-bond donors (Lipinski definition) is 0. The Balaban J connectivity index is 1.84. The molecule has 2 rings (SSSR count). The maximum atomic E-state index is 10.7. The smallest absolute Gasteiger partial charge is 0.166 e. The largest absolute Gasteiger partial charge is 0.345 e. The number of aldehydes is 1. The molecule has 1 aromatic rings. The normalized spacial score (nSPS) is 17.9. The summed E-state index contributed by atoms with van der Waals surface area (Å²) in [4.78, 5) is 10.7. The van der Waals surface area contributed by atoms with Gasteiger partial charge in [0.25, 0.3) is 0 Å². The van der Waals surface area contributed by atoms with Crippen LogP contribution in [0.5, 0.6) is 0 Å². The molecule has 2 nitrogen and oxygen atoms in total. The lowest BCUT2D eigenvalue weighted by molar-refractivity contribution is 0.111. The van der Waals surface area contributed by atoms with Crippen molar-refractivity contribution >= 4 is 6.29 Å². The fourth-order valence-corrected chi connectivity index (χ4v) is 2.54. The second kappa shape index (κ2) is 5.15. The van der Waals surface area contributed by atoms with Gasteiger partial charge < -0.3 is 4.57 Å². The van der Waals surface area contributed by atoms with E-state index in [0.29, 0.717) is 0 Å². The molecule has 1 fully saturated rings. The van der Waals surface area contributed by atoms with Gasteiger partial charge >= 0.3 is 0 Å². The van der Waals surface area contributed by atoms with E-state index in [9.17, 15) is 4.79 Å². The van der Waals surface area contributed by atoms with Crippen LogP contribution in [-0.2, 0) is 6.54 Å². The Kier molecular flexibility index (Phi) is 3.59. The Morgan fingerprint density at radius 1 is 1.33 bits per heavy atom. The molecule has 0 atom stereocenters. The van der Waals surface area contributed by atoms with E-state index in [1.165, 1.54) is 38.5 Å². The third-order valence-corrected chi connectivity index (χ3v) is 3.49. The fourth-order valence-electron chi connectivity index (χ4n) is 2.54. The molecule has 0 saturated heterocycles. The van der Waals surface area contributed by atoms with E-state index in [0.717, 1.165) is 24.4 Å². The molecule has 82 valence electrons. The number of nitrogens with zero attached hydrogens (tertiary/aromatic N) is 1. The summed E-state index contributed by atoms with van der Waals surface area (Å²) in [6.45, 7) is 1.01. The molecule has 0 unspecified atom stereocenters. The summed E-state index contributed by atoms with van der Waals surface area (Å²) in [7, 11) is 0. The first kappa shape index (κ1) is 10.5. The topological polar surface area (TPSA) is 22.0 Å². The molecule has 0 radical (unpaired) electrons. The molecule has 15 heavy (non-hydrogen) atoms. The zero-order valence-electron chi connectivity index (χ0n) is 9.19. The molecule has 0 spiro atoms. The predicted octanol–water partition coefficient (Wildman–Crippen LogP) is 3.27. The molecule has 0 N–H and O–H groups in total. The first-order valence-corrected chi connectivity index (χ1v) is 6.00. The van der Waals surface area contributed by atoms with Crippen molar-refractivity contribution < 1.29 is 4.79 Å². The van der Waals surface area contributed by atoms with Crippen LogP contribution in [0, 0.1) is 5.92 Å².